The van der Waals surface area contributed by atoms with Gasteiger partial charge in [0.2, 0.25) is 0 Å². The summed E-state index contributed by atoms with van der Waals surface area (Å²) in [5, 5.41) is 0. The Morgan fingerprint density at radius 3 is 1.37 bits per heavy atom. The number of carbonyl (C=O) groups excluding carboxylic acids is 6. The van der Waals surface area contributed by atoms with Crippen molar-refractivity contribution in [2.45, 2.75) is 260 Å². The van der Waals surface area contributed by atoms with Gasteiger partial charge in [-0.15, -0.1) is 0 Å². The summed E-state index contributed by atoms with van der Waals surface area (Å²) in [7, 11) is 0. The summed E-state index contributed by atoms with van der Waals surface area (Å²) in [6, 6.07) is 0. The van der Waals surface area contributed by atoms with Crippen LogP contribution in [-0.4, -0.2) is 71.9 Å². The highest BCUT2D eigenvalue weighted by atomic mass is 16.6. The van der Waals surface area contributed by atoms with Crippen LogP contribution < -0.4 is 0 Å². The number of hydrogen-bond acceptors (Lipinski definition) is 12. The normalized spacial score (nSPS) is 39.5. The number of carbonyl (C=O) groups is 6. The van der Waals surface area contributed by atoms with E-state index in [1.165, 1.54) is 89.9 Å². The lowest BCUT2D eigenvalue weighted by Gasteiger charge is -2.60. The zero-order chi connectivity index (χ0) is 56.3. The molecule has 8 atom stereocenters. The summed E-state index contributed by atoms with van der Waals surface area (Å²) in [5.41, 5.74) is -2.12. The first-order valence-corrected chi connectivity index (χ1v) is 32.0. The van der Waals surface area contributed by atoms with Crippen molar-refractivity contribution < 1.29 is 57.2 Å². The average Bonchev–Trinajstić information content (AvgIpc) is 4.43. The summed E-state index contributed by atoms with van der Waals surface area (Å²) in [6.07, 6.45) is 25.0. The van der Waals surface area contributed by atoms with E-state index in [-0.39, 0.29) is 96.1 Å². The van der Waals surface area contributed by atoms with E-state index in [1.54, 1.807) is 0 Å². The zero-order valence-corrected chi connectivity index (χ0v) is 50.5. The molecule has 0 amide bonds. The minimum atomic E-state index is -0.490. The Morgan fingerprint density at radius 2 is 0.897 bits per heavy atom. The highest BCUT2D eigenvalue weighted by molar-refractivity contribution is 5.78. The molecule has 0 heterocycles. The van der Waals surface area contributed by atoms with Crippen molar-refractivity contribution >= 4 is 35.8 Å². The van der Waals surface area contributed by atoms with Crippen molar-refractivity contribution in [2.75, 3.05) is 13.2 Å². The van der Waals surface area contributed by atoms with Crippen LogP contribution in [0, 0.1) is 105 Å². The monoisotopic (exact) mass is 1090 g/mol. The SMILES string of the molecule is CCC(C)(C)C(=O)OC1CC2CC1C1C3CC(C(=O)OC4(C)CCCC4)C(C3)C21.CCC(C)(C)C(=O)OCCC(=O)OC1(C)C2CC3CC(C2)CC1C3.CCC(C)(C)C(=O)OCCC(=O)OC1(CC)C2CC3CC(C2)CC1C3. The van der Waals surface area contributed by atoms with Gasteiger partial charge >= 0.3 is 35.8 Å². The van der Waals surface area contributed by atoms with E-state index in [1.807, 2.05) is 55.4 Å². The lowest BCUT2D eigenvalue weighted by Crippen LogP contribution is -2.59. The van der Waals surface area contributed by atoms with Gasteiger partial charge in [0.15, 0.2) is 0 Å². The average molecular weight is 1090 g/mol. The second-order valence-electron chi connectivity index (χ2n) is 30.1. The highest BCUT2D eigenvalue weighted by Gasteiger charge is 2.67. The van der Waals surface area contributed by atoms with Gasteiger partial charge in [-0.25, -0.2) is 0 Å². The van der Waals surface area contributed by atoms with E-state index < -0.39 is 10.8 Å². The van der Waals surface area contributed by atoms with Crippen LogP contribution in [-0.2, 0) is 57.2 Å². The first-order valence-electron chi connectivity index (χ1n) is 32.0. The molecule has 13 aliphatic carbocycles. The molecule has 12 bridgehead atoms. The first kappa shape index (κ1) is 59.4. The predicted molar refractivity (Wildman–Crippen MR) is 297 cm³/mol. The van der Waals surface area contributed by atoms with Crippen LogP contribution in [0.3, 0.4) is 0 Å². The largest absolute Gasteiger partial charge is 0.465 e. The fraction of sp³-hybridized carbons (Fsp3) is 0.909. The molecule has 78 heavy (non-hydrogen) atoms. The van der Waals surface area contributed by atoms with Crippen molar-refractivity contribution in [1.29, 1.82) is 0 Å². The molecule has 8 unspecified atom stereocenters. The van der Waals surface area contributed by atoms with Crippen molar-refractivity contribution in [3.63, 3.8) is 0 Å². The second-order valence-corrected chi connectivity index (χ2v) is 30.1. The fourth-order valence-corrected chi connectivity index (χ4v) is 18.7. The van der Waals surface area contributed by atoms with Gasteiger partial charge in [0.05, 0.1) is 35.0 Å². The number of hydrogen-bond donors (Lipinski definition) is 0. The third kappa shape index (κ3) is 11.7. The first-order chi connectivity index (χ1) is 36.8. The quantitative estimate of drug-likeness (QED) is 0.0728. The predicted octanol–water partition coefficient (Wildman–Crippen LogP) is 13.8. The Balaban J connectivity index is 0.000000143. The molecule has 13 saturated carbocycles. The Hall–Kier alpha value is -3.18. The topological polar surface area (TPSA) is 158 Å². The van der Waals surface area contributed by atoms with E-state index >= 15 is 0 Å². The lowest BCUT2D eigenvalue weighted by molar-refractivity contribution is -0.211. The third-order valence-electron chi connectivity index (χ3n) is 24.2. The van der Waals surface area contributed by atoms with Crippen LogP contribution in [0.1, 0.15) is 237 Å². The molecule has 0 N–H and O–H groups in total. The number of esters is 6. The van der Waals surface area contributed by atoms with E-state index in [4.69, 9.17) is 28.4 Å². The van der Waals surface area contributed by atoms with E-state index in [9.17, 15) is 28.8 Å². The standard InChI is InChI=1S/C25H38O4.C21H34O4.C20H32O4/c1-5-24(2,3)23(27)28-19-13-15-12-18(19)21-14-10-16(20(15)21)17(11-14)22(26)29-25(4)8-6-7-9-25;1-5-20(3,4)19(23)24-8-7-18(22)25-21(6-2)16-10-14-9-15(12-16)13-17(21)11-14;1-5-19(2,3)18(22)23-7-6-17(21)24-20(4)15-9-13-8-14(11-15)12-16(20)10-13/h14-21H,5-13H2,1-4H3;14-17H,5-13H2,1-4H3;13-16H,5-12H2,1-4H3. The van der Waals surface area contributed by atoms with Gasteiger partial charge in [0.1, 0.15) is 36.1 Å². The molecule has 0 aromatic carbocycles. The van der Waals surface area contributed by atoms with Crippen molar-refractivity contribution in [3.8, 4) is 0 Å². The lowest BCUT2D eigenvalue weighted by atomic mass is 9.49. The molecule has 13 aliphatic rings. The second kappa shape index (κ2) is 22.9. The maximum absolute atomic E-state index is 13.1. The smallest absolute Gasteiger partial charge is 0.311 e. The minimum absolute atomic E-state index is 0.0245. The molecule has 13 fully saturated rings. The van der Waals surface area contributed by atoms with E-state index in [0.29, 0.717) is 59.2 Å². The van der Waals surface area contributed by atoms with Gasteiger partial charge in [-0.1, -0.05) is 27.7 Å². The van der Waals surface area contributed by atoms with Crippen LogP contribution in [0.4, 0.5) is 0 Å². The van der Waals surface area contributed by atoms with Gasteiger partial charge in [-0.05, 0) is 279 Å². The van der Waals surface area contributed by atoms with Crippen LogP contribution in [0.5, 0.6) is 0 Å². The minimum Gasteiger partial charge on any atom is -0.465 e. The molecule has 12 heteroatoms. The molecule has 440 valence electrons. The van der Waals surface area contributed by atoms with Gasteiger partial charge in [-0.3, -0.25) is 28.8 Å². The molecular weight excluding hydrogens is 985 g/mol. The van der Waals surface area contributed by atoms with E-state index in [0.717, 1.165) is 75.0 Å². The van der Waals surface area contributed by atoms with Crippen molar-refractivity contribution in [1.82, 2.24) is 0 Å². The van der Waals surface area contributed by atoms with Crippen LogP contribution in [0.15, 0.2) is 0 Å². The van der Waals surface area contributed by atoms with Crippen LogP contribution >= 0.6 is 0 Å². The third-order valence-corrected chi connectivity index (χ3v) is 24.2. The summed E-state index contributed by atoms with van der Waals surface area (Å²) in [4.78, 5) is 74.5. The fourth-order valence-electron chi connectivity index (χ4n) is 18.7. The van der Waals surface area contributed by atoms with Gasteiger partial charge < -0.3 is 28.4 Å². The van der Waals surface area contributed by atoms with E-state index in [2.05, 4.69) is 27.7 Å². The molecule has 12 nitrogen and oxygen atoms in total. The molecule has 0 aromatic heterocycles. The summed E-state index contributed by atoms with van der Waals surface area (Å²) < 4.78 is 34.8. The Bertz CT molecular complexity index is 2140. The van der Waals surface area contributed by atoms with Crippen molar-refractivity contribution in [3.05, 3.63) is 0 Å². The molecule has 0 aromatic rings. The van der Waals surface area contributed by atoms with Gasteiger partial charge in [0.25, 0.3) is 0 Å². The number of fused-ring (bicyclic) bond motifs is 9. The van der Waals surface area contributed by atoms with Gasteiger partial charge in [-0.2, -0.15) is 0 Å². The van der Waals surface area contributed by atoms with Gasteiger partial charge in [0, 0.05) is 0 Å². The summed E-state index contributed by atoms with van der Waals surface area (Å²) in [6.45, 7) is 24.1. The maximum Gasteiger partial charge on any atom is 0.311 e. The van der Waals surface area contributed by atoms with Crippen molar-refractivity contribution in [2.24, 2.45) is 105 Å². The summed E-state index contributed by atoms with van der Waals surface area (Å²) >= 11 is 0. The Kier molecular flexibility index (Phi) is 17.4. The number of rotatable bonds is 18. The number of ether oxygens (including phenoxy) is 6. The van der Waals surface area contributed by atoms with Crippen LogP contribution in [0.2, 0.25) is 0 Å². The molecule has 0 radical (unpaired) electrons. The van der Waals surface area contributed by atoms with Crippen LogP contribution in [0.25, 0.3) is 0 Å². The molecular formula is C66H104O12. The molecule has 13 rings (SSSR count). The maximum atomic E-state index is 13.1. The molecule has 0 spiro atoms. The molecule has 0 aliphatic heterocycles. The summed E-state index contributed by atoms with van der Waals surface area (Å²) in [5.74, 6) is 8.54. The highest BCUT2D eigenvalue weighted by Crippen LogP contribution is 2.70. The Morgan fingerprint density at radius 1 is 0.474 bits per heavy atom. The zero-order valence-electron chi connectivity index (χ0n) is 50.5. The molecule has 0 saturated heterocycles. The Labute approximate surface area is 469 Å².